The Kier molecular flexibility index (Phi) is 2.31. The van der Waals surface area contributed by atoms with Crippen LogP contribution in [0.2, 0.25) is 0 Å². The predicted octanol–water partition coefficient (Wildman–Crippen LogP) is 1.36. The van der Waals surface area contributed by atoms with Crippen LogP contribution < -0.4 is 0 Å². The molecule has 1 aliphatic carbocycles. The van der Waals surface area contributed by atoms with E-state index in [1.54, 1.807) is 6.07 Å². The van der Waals surface area contributed by atoms with E-state index in [9.17, 15) is 9.59 Å². The van der Waals surface area contributed by atoms with E-state index in [4.69, 9.17) is 4.74 Å². The third-order valence-corrected chi connectivity index (χ3v) is 2.47. The molecular formula is C11H10O3. The zero-order valence-electron chi connectivity index (χ0n) is 7.60. The molecule has 3 heteroatoms. The minimum absolute atomic E-state index is 0.0843. The molecule has 0 spiro atoms. The molecule has 14 heavy (non-hydrogen) atoms. The van der Waals surface area contributed by atoms with Gasteiger partial charge in [-0.25, -0.2) is 0 Å². The second-order valence-corrected chi connectivity index (χ2v) is 3.28. The summed E-state index contributed by atoms with van der Waals surface area (Å²) >= 11 is 0. The number of rotatable bonds is 2. The molecule has 0 amide bonds. The van der Waals surface area contributed by atoms with E-state index in [1.165, 1.54) is 0 Å². The summed E-state index contributed by atoms with van der Waals surface area (Å²) in [6.07, 6.45) is 0.803. The van der Waals surface area contributed by atoms with Gasteiger partial charge in [-0.3, -0.25) is 9.59 Å². The second-order valence-electron chi connectivity index (χ2n) is 3.28. The molecule has 2 rings (SSSR count). The Labute approximate surface area is 81.7 Å². The number of carbonyl (C=O) groups excluding carboxylic acids is 2. The first kappa shape index (κ1) is 8.94. The molecule has 0 fully saturated rings. The molecular weight excluding hydrogens is 180 g/mol. The van der Waals surface area contributed by atoms with Gasteiger partial charge >= 0.3 is 0 Å². The summed E-state index contributed by atoms with van der Waals surface area (Å²) in [6.45, 7) is 0.344. The highest BCUT2D eigenvalue weighted by molar-refractivity contribution is 6.02. The minimum Gasteiger partial charge on any atom is -0.456 e. The quantitative estimate of drug-likeness (QED) is 0.661. The standard InChI is InChI=1S/C11H10O3/c12-7-14-10-6-5-8-3-1-2-4-9(8)11(10)13/h1-4,7,10H,5-6H2. The number of carbonyl (C=O) groups is 2. The summed E-state index contributed by atoms with van der Waals surface area (Å²) in [5.41, 5.74) is 1.73. The van der Waals surface area contributed by atoms with Crippen LogP contribution in [-0.2, 0) is 16.0 Å². The molecule has 1 aromatic carbocycles. The van der Waals surface area contributed by atoms with Crippen molar-refractivity contribution in [1.82, 2.24) is 0 Å². The van der Waals surface area contributed by atoms with Gasteiger partial charge in [0.05, 0.1) is 0 Å². The molecule has 0 aliphatic heterocycles. The lowest BCUT2D eigenvalue weighted by Gasteiger charge is -2.21. The van der Waals surface area contributed by atoms with Gasteiger partial charge in [-0.15, -0.1) is 0 Å². The van der Waals surface area contributed by atoms with E-state index in [0.29, 0.717) is 18.5 Å². The number of ether oxygens (including phenoxy) is 1. The molecule has 0 aromatic heterocycles. The summed E-state index contributed by atoms with van der Waals surface area (Å²) in [4.78, 5) is 21.9. The fraction of sp³-hybridized carbons (Fsp3) is 0.273. The molecule has 1 atom stereocenters. The topological polar surface area (TPSA) is 43.4 Å². The van der Waals surface area contributed by atoms with E-state index in [0.717, 1.165) is 12.0 Å². The summed E-state index contributed by atoms with van der Waals surface area (Å²) in [7, 11) is 0. The molecule has 0 saturated carbocycles. The van der Waals surface area contributed by atoms with Crippen LogP contribution >= 0.6 is 0 Å². The van der Waals surface area contributed by atoms with Crippen molar-refractivity contribution in [3.8, 4) is 0 Å². The highest BCUT2D eigenvalue weighted by atomic mass is 16.5. The number of Topliss-reactive ketones (excluding diaryl/α,β-unsaturated/α-hetero) is 1. The molecule has 72 valence electrons. The first-order valence-corrected chi connectivity index (χ1v) is 4.54. The van der Waals surface area contributed by atoms with Crippen LogP contribution in [0.1, 0.15) is 22.3 Å². The Hall–Kier alpha value is -1.64. The maximum absolute atomic E-state index is 11.7. The summed E-state index contributed by atoms with van der Waals surface area (Å²) in [5, 5.41) is 0. The Morgan fingerprint density at radius 3 is 2.93 bits per heavy atom. The van der Waals surface area contributed by atoms with Gasteiger partial charge in [0.1, 0.15) is 0 Å². The fourth-order valence-electron chi connectivity index (χ4n) is 1.77. The SMILES string of the molecule is O=COC1CCc2ccccc2C1=O. The highest BCUT2D eigenvalue weighted by Gasteiger charge is 2.27. The number of hydrogen-bond acceptors (Lipinski definition) is 3. The van der Waals surface area contributed by atoms with Crippen LogP contribution in [0.5, 0.6) is 0 Å². The van der Waals surface area contributed by atoms with E-state index < -0.39 is 6.10 Å². The van der Waals surface area contributed by atoms with Gasteiger partial charge in [-0.2, -0.15) is 0 Å². The lowest BCUT2D eigenvalue weighted by atomic mass is 9.89. The van der Waals surface area contributed by atoms with Crippen LogP contribution in [0, 0.1) is 0 Å². The van der Waals surface area contributed by atoms with E-state index in [1.807, 2.05) is 18.2 Å². The molecule has 1 aromatic rings. The average Bonchev–Trinajstić information content (AvgIpc) is 2.23. The molecule has 3 nitrogen and oxygen atoms in total. The third-order valence-electron chi connectivity index (χ3n) is 2.47. The Morgan fingerprint density at radius 2 is 2.14 bits per heavy atom. The maximum atomic E-state index is 11.7. The van der Waals surface area contributed by atoms with Crippen LogP contribution in [0.25, 0.3) is 0 Å². The van der Waals surface area contributed by atoms with Crippen molar-refractivity contribution in [3.63, 3.8) is 0 Å². The van der Waals surface area contributed by atoms with Gasteiger partial charge in [0.25, 0.3) is 6.47 Å². The molecule has 0 saturated heterocycles. The molecule has 1 unspecified atom stereocenters. The van der Waals surface area contributed by atoms with Crippen LogP contribution in [0.4, 0.5) is 0 Å². The van der Waals surface area contributed by atoms with Gasteiger partial charge in [-0.1, -0.05) is 24.3 Å². The fourth-order valence-corrected chi connectivity index (χ4v) is 1.77. The van der Waals surface area contributed by atoms with Gasteiger partial charge < -0.3 is 4.74 Å². The van der Waals surface area contributed by atoms with Gasteiger partial charge in [0.15, 0.2) is 6.10 Å². The first-order chi connectivity index (χ1) is 6.83. The lowest BCUT2D eigenvalue weighted by molar-refractivity contribution is -0.132. The minimum atomic E-state index is -0.581. The van der Waals surface area contributed by atoms with Crippen LogP contribution in [-0.4, -0.2) is 18.4 Å². The summed E-state index contributed by atoms with van der Waals surface area (Å²) in [6, 6.07) is 7.44. The number of benzene rings is 1. The van der Waals surface area contributed by atoms with E-state index in [-0.39, 0.29) is 5.78 Å². The zero-order valence-corrected chi connectivity index (χ0v) is 7.60. The Balaban J connectivity index is 2.31. The number of hydrogen-bond donors (Lipinski definition) is 0. The van der Waals surface area contributed by atoms with Gasteiger partial charge in [0.2, 0.25) is 5.78 Å². The van der Waals surface area contributed by atoms with Crippen molar-refractivity contribution < 1.29 is 14.3 Å². The summed E-state index contributed by atoms with van der Waals surface area (Å²) in [5.74, 6) is -0.0843. The van der Waals surface area contributed by atoms with Crippen molar-refractivity contribution in [3.05, 3.63) is 35.4 Å². The van der Waals surface area contributed by atoms with E-state index in [2.05, 4.69) is 0 Å². The van der Waals surface area contributed by atoms with Crippen LogP contribution in [0.3, 0.4) is 0 Å². The maximum Gasteiger partial charge on any atom is 0.293 e. The largest absolute Gasteiger partial charge is 0.456 e. The molecule has 0 heterocycles. The number of ketones is 1. The normalized spacial score (nSPS) is 20.0. The average molecular weight is 190 g/mol. The molecule has 0 bridgehead atoms. The van der Waals surface area contributed by atoms with Gasteiger partial charge in [-0.05, 0) is 18.4 Å². The third kappa shape index (κ3) is 1.41. The van der Waals surface area contributed by atoms with Crippen molar-refractivity contribution in [2.75, 3.05) is 0 Å². The molecule has 1 aliphatic rings. The van der Waals surface area contributed by atoms with Crippen molar-refractivity contribution >= 4 is 12.3 Å². The predicted molar refractivity (Wildman–Crippen MR) is 50.0 cm³/mol. The van der Waals surface area contributed by atoms with Crippen molar-refractivity contribution in [1.29, 1.82) is 0 Å². The molecule has 0 N–H and O–H groups in total. The Morgan fingerprint density at radius 1 is 1.36 bits per heavy atom. The number of aryl methyl sites for hydroxylation is 1. The van der Waals surface area contributed by atoms with Gasteiger partial charge in [0, 0.05) is 5.56 Å². The summed E-state index contributed by atoms with van der Waals surface area (Å²) < 4.78 is 4.72. The highest BCUT2D eigenvalue weighted by Crippen LogP contribution is 2.22. The first-order valence-electron chi connectivity index (χ1n) is 4.54. The smallest absolute Gasteiger partial charge is 0.293 e. The molecule has 0 radical (unpaired) electrons. The second kappa shape index (κ2) is 3.62. The zero-order chi connectivity index (χ0) is 9.97. The van der Waals surface area contributed by atoms with E-state index >= 15 is 0 Å². The monoisotopic (exact) mass is 190 g/mol. The van der Waals surface area contributed by atoms with Crippen molar-refractivity contribution in [2.24, 2.45) is 0 Å². The van der Waals surface area contributed by atoms with Crippen molar-refractivity contribution in [2.45, 2.75) is 18.9 Å². The Bertz CT molecular complexity index is 371. The van der Waals surface area contributed by atoms with Crippen LogP contribution in [0.15, 0.2) is 24.3 Å². The number of fused-ring (bicyclic) bond motifs is 1. The lowest BCUT2D eigenvalue weighted by Crippen LogP contribution is -2.29.